The molecule has 1 unspecified atom stereocenters. The first-order valence-corrected chi connectivity index (χ1v) is 6.99. The lowest BCUT2D eigenvalue weighted by Gasteiger charge is -2.17. The maximum absolute atomic E-state index is 13.5. The molecule has 1 aromatic carbocycles. The van der Waals surface area contributed by atoms with Crippen LogP contribution in [-0.2, 0) is 0 Å². The molecule has 0 aromatic heterocycles. The van der Waals surface area contributed by atoms with E-state index in [2.05, 4.69) is 10.2 Å². The number of anilines is 1. The molecule has 1 aromatic rings. The number of aryl methyl sites for hydroxylation is 1. The molecule has 5 nitrogen and oxygen atoms in total. The zero-order valence-corrected chi connectivity index (χ0v) is 11.4. The Balaban J connectivity index is 1.76. The molecule has 1 N–H and O–H groups in total. The van der Waals surface area contributed by atoms with Crippen LogP contribution in [0.3, 0.4) is 0 Å². The normalized spacial score (nSPS) is 23.0. The lowest BCUT2D eigenvalue weighted by molar-refractivity contribution is -0.384. The van der Waals surface area contributed by atoms with Crippen molar-refractivity contribution in [2.75, 3.05) is 18.4 Å². The zero-order valence-electron chi connectivity index (χ0n) is 11.4. The van der Waals surface area contributed by atoms with E-state index in [1.807, 2.05) is 0 Å². The predicted octanol–water partition coefficient (Wildman–Crippen LogP) is 2.69. The molecule has 1 atom stereocenters. The summed E-state index contributed by atoms with van der Waals surface area (Å²) < 4.78 is 13.5. The van der Waals surface area contributed by atoms with Crippen molar-refractivity contribution in [1.82, 2.24) is 4.90 Å². The zero-order chi connectivity index (χ0) is 14.3. The van der Waals surface area contributed by atoms with Gasteiger partial charge in [-0.3, -0.25) is 15.0 Å². The molecule has 1 saturated heterocycles. The summed E-state index contributed by atoms with van der Waals surface area (Å²) in [7, 11) is 0. The van der Waals surface area contributed by atoms with Crippen LogP contribution in [0.5, 0.6) is 0 Å². The van der Waals surface area contributed by atoms with Crippen LogP contribution >= 0.6 is 0 Å². The molecule has 6 heteroatoms. The number of likely N-dealkylation sites (tertiary alicyclic amines) is 1. The second kappa shape index (κ2) is 5.01. The molecule has 1 aliphatic carbocycles. The van der Waals surface area contributed by atoms with Crippen LogP contribution in [0.4, 0.5) is 15.8 Å². The fourth-order valence-corrected chi connectivity index (χ4v) is 2.83. The molecule has 0 bridgehead atoms. The van der Waals surface area contributed by atoms with Crippen LogP contribution in [0, 0.1) is 22.9 Å². The summed E-state index contributed by atoms with van der Waals surface area (Å²) >= 11 is 0. The topological polar surface area (TPSA) is 58.4 Å². The number of nitro groups is 1. The van der Waals surface area contributed by atoms with E-state index in [4.69, 9.17) is 0 Å². The molecule has 2 fully saturated rings. The van der Waals surface area contributed by atoms with Gasteiger partial charge in [0.25, 0.3) is 5.69 Å². The van der Waals surface area contributed by atoms with Crippen molar-refractivity contribution in [1.29, 1.82) is 0 Å². The summed E-state index contributed by atoms with van der Waals surface area (Å²) in [4.78, 5) is 12.9. The number of halogens is 1. The fraction of sp³-hybridized carbons (Fsp3) is 0.571. The van der Waals surface area contributed by atoms with Crippen molar-refractivity contribution in [3.63, 3.8) is 0 Å². The molecule has 20 heavy (non-hydrogen) atoms. The Labute approximate surface area is 116 Å². The minimum absolute atomic E-state index is 0.182. The van der Waals surface area contributed by atoms with Gasteiger partial charge in [-0.2, -0.15) is 0 Å². The minimum atomic E-state index is -0.534. The molecule has 1 saturated carbocycles. The Morgan fingerprint density at radius 3 is 2.80 bits per heavy atom. The summed E-state index contributed by atoms with van der Waals surface area (Å²) in [5.74, 6) is -0.534. The van der Waals surface area contributed by atoms with Crippen LogP contribution in [0.1, 0.15) is 24.8 Å². The molecule has 3 rings (SSSR count). The molecule has 2 aliphatic rings. The number of nitrogens with one attached hydrogen (secondary N) is 1. The highest BCUT2D eigenvalue weighted by atomic mass is 19.1. The van der Waals surface area contributed by atoms with Gasteiger partial charge in [-0.1, -0.05) is 0 Å². The van der Waals surface area contributed by atoms with E-state index in [-0.39, 0.29) is 11.7 Å². The van der Waals surface area contributed by atoms with Crippen molar-refractivity contribution < 1.29 is 9.31 Å². The van der Waals surface area contributed by atoms with Crippen molar-refractivity contribution >= 4 is 11.4 Å². The van der Waals surface area contributed by atoms with Crippen LogP contribution in [0.15, 0.2) is 12.1 Å². The Bertz CT molecular complexity index is 545. The van der Waals surface area contributed by atoms with Gasteiger partial charge in [0, 0.05) is 25.2 Å². The molecule has 1 heterocycles. The number of rotatable bonds is 4. The van der Waals surface area contributed by atoms with Gasteiger partial charge in [0.15, 0.2) is 0 Å². The van der Waals surface area contributed by atoms with Gasteiger partial charge < -0.3 is 5.32 Å². The largest absolute Gasteiger partial charge is 0.375 e. The SMILES string of the molecule is Cc1cc(NC2CCN(C3CC3)C2)c([N+](=O)[O-])cc1F. The standard InChI is InChI=1S/C14H18FN3O2/c1-9-6-13(14(18(19)20)7-12(9)15)16-10-4-5-17(8-10)11-2-3-11/h6-7,10-11,16H,2-5,8H2,1H3. The summed E-state index contributed by atoms with van der Waals surface area (Å²) in [6, 6.07) is 3.46. The molecule has 0 radical (unpaired) electrons. The molecular weight excluding hydrogens is 261 g/mol. The second-order valence-corrected chi connectivity index (χ2v) is 5.73. The Morgan fingerprint density at radius 2 is 2.15 bits per heavy atom. The van der Waals surface area contributed by atoms with Gasteiger partial charge in [-0.25, -0.2) is 4.39 Å². The van der Waals surface area contributed by atoms with Gasteiger partial charge in [0.1, 0.15) is 11.5 Å². The highest BCUT2D eigenvalue weighted by molar-refractivity contribution is 5.63. The summed E-state index contributed by atoms with van der Waals surface area (Å²) in [6.45, 7) is 3.57. The van der Waals surface area contributed by atoms with Gasteiger partial charge in [0.05, 0.1) is 11.0 Å². The fourth-order valence-electron chi connectivity index (χ4n) is 2.83. The van der Waals surface area contributed by atoms with Crippen molar-refractivity contribution in [2.45, 2.75) is 38.3 Å². The maximum atomic E-state index is 13.5. The summed E-state index contributed by atoms with van der Waals surface area (Å²) in [6.07, 6.45) is 3.51. The van der Waals surface area contributed by atoms with E-state index in [1.165, 1.54) is 18.9 Å². The van der Waals surface area contributed by atoms with E-state index in [9.17, 15) is 14.5 Å². The van der Waals surface area contributed by atoms with Crippen LogP contribution in [0.2, 0.25) is 0 Å². The van der Waals surface area contributed by atoms with E-state index in [1.54, 1.807) is 6.92 Å². The monoisotopic (exact) mass is 279 g/mol. The molecule has 0 spiro atoms. The van der Waals surface area contributed by atoms with Crippen LogP contribution in [-0.4, -0.2) is 35.0 Å². The number of benzene rings is 1. The highest BCUT2D eigenvalue weighted by Crippen LogP contribution is 2.33. The smallest absolute Gasteiger partial charge is 0.295 e. The summed E-state index contributed by atoms with van der Waals surface area (Å²) in [5, 5.41) is 14.3. The van der Waals surface area contributed by atoms with Crippen LogP contribution in [0.25, 0.3) is 0 Å². The first-order valence-electron chi connectivity index (χ1n) is 6.99. The third kappa shape index (κ3) is 2.60. The molecular formula is C14H18FN3O2. The molecule has 0 amide bonds. The lowest BCUT2D eigenvalue weighted by Crippen LogP contribution is -2.28. The van der Waals surface area contributed by atoms with Gasteiger partial charge in [0.2, 0.25) is 0 Å². The molecule has 108 valence electrons. The van der Waals surface area contributed by atoms with E-state index in [0.29, 0.717) is 17.3 Å². The van der Waals surface area contributed by atoms with Crippen molar-refractivity contribution in [3.8, 4) is 0 Å². The molecule has 1 aliphatic heterocycles. The summed E-state index contributed by atoms with van der Waals surface area (Å²) in [5.41, 5.74) is 0.671. The first kappa shape index (κ1) is 13.3. The average molecular weight is 279 g/mol. The lowest BCUT2D eigenvalue weighted by atomic mass is 10.1. The third-order valence-electron chi connectivity index (χ3n) is 4.12. The number of nitrogens with zero attached hydrogens (tertiary/aromatic N) is 2. The number of hydrogen-bond donors (Lipinski definition) is 1. The second-order valence-electron chi connectivity index (χ2n) is 5.73. The van der Waals surface area contributed by atoms with Gasteiger partial charge in [-0.15, -0.1) is 0 Å². The Kier molecular flexibility index (Phi) is 3.33. The van der Waals surface area contributed by atoms with E-state index in [0.717, 1.165) is 25.6 Å². The van der Waals surface area contributed by atoms with Gasteiger partial charge >= 0.3 is 0 Å². The van der Waals surface area contributed by atoms with E-state index >= 15 is 0 Å². The average Bonchev–Trinajstić information content (AvgIpc) is 3.14. The number of hydrogen-bond acceptors (Lipinski definition) is 4. The van der Waals surface area contributed by atoms with Crippen molar-refractivity contribution in [3.05, 3.63) is 33.6 Å². The predicted molar refractivity (Wildman–Crippen MR) is 74.4 cm³/mol. The van der Waals surface area contributed by atoms with E-state index < -0.39 is 10.7 Å². The first-order chi connectivity index (χ1) is 9.54. The maximum Gasteiger partial charge on any atom is 0.295 e. The van der Waals surface area contributed by atoms with Crippen molar-refractivity contribution in [2.24, 2.45) is 0 Å². The Hall–Kier alpha value is -1.69. The minimum Gasteiger partial charge on any atom is -0.375 e. The number of nitro benzene ring substituents is 1. The van der Waals surface area contributed by atoms with Crippen LogP contribution < -0.4 is 5.32 Å². The third-order valence-corrected chi connectivity index (χ3v) is 4.12. The highest BCUT2D eigenvalue weighted by Gasteiger charge is 2.34. The Morgan fingerprint density at radius 1 is 1.40 bits per heavy atom. The van der Waals surface area contributed by atoms with Gasteiger partial charge in [-0.05, 0) is 37.8 Å². The quantitative estimate of drug-likeness (QED) is 0.680.